The SMILES string of the molecule is COC(=O)[C@H]1[C@H](c2ccccc2Cl)N(S(=O)(=O)c2ccc(C)cc2)[C@@H]2c3ccccc3CCN21. The number of hydrogen-bond acceptors (Lipinski definition) is 5. The molecule has 2 aliphatic heterocycles. The molecule has 176 valence electrons. The smallest absolute Gasteiger partial charge is 0.325 e. The van der Waals surface area contributed by atoms with E-state index in [1.165, 1.54) is 11.4 Å². The van der Waals surface area contributed by atoms with E-state index in [9.17, 15) is 13.2 Å². The summed E-state index contributed by atoms with van der Waals surface area (Å²) in [6, 6.07) is 20.0. The molecule has 6 nitrogen and oxygen atoms in total. The van der Waals surface area contributed by atoms with Gasteiger partial charge < -0.3 is 4.74 Å². The lowest BCUT2D eigenvalue weighted by Crippen LogP contribution is -2.43. The fraction of sp³-hybridized carbons (Fsp3) is 0.269. The van der Waals surface area contributed by atoms with E-state index < -0.39 is 34.2 Å². The fourth-order valence-corrected chi connectivity index (χ4v) is 7.13. The number of hydrogen-bond donors (Lipinski definition) is 0. The highest BCUT2D eigenvalue weighted by molar-refractivity contribution is 7.89. The van der Waals surface area contributed by atoms with Crippen molar-refractivity contribution < 1.29 is 17.9 Å². The lowest BCUT2D eigenvalue weighted by atomic mass is 9.96. The molecule has 3 atom stereocenters. The topological polar surface area (TPSA) is 66.9 Å². The van der Waals surface area contributed by atoms with Crippen molar-refractivity contribution in [2.24, 2.45) is 0 Å². The average molecular weight is 497 g/mol. The van der Waals surface area contributed by atoms with Crippen molar-refractivity contribution in [2.75, 3.05) is 13.7 Å². The van der Waals surface area contributed by atoms with Gasteiger partial charge in [0.15, 0.2) is 0 Å². The van der Waals surface area contributed by atoms with Gasteiger partial charge in [-0.2, -0.15) is 4.31 Å². The Kier molecular flexibility index (Phi) is 5.98. The Hall–Kier alpha value is -2.71. The van der Waals surface area contributed by atoms with Gasteiger partial charge in [0.1, 0.15) is 12.2 Å². The first-order chi connectivity index (χ1) is 16.3. The molecule has 0 radical (unpaired) electrons. The quantitative estimate of drug-likeness (QED) is 0.498. The largest absolute Gasteiger partial charge is 0.468 e. The van der Waals surface area contributed by atoms with Crippen molar-refractivity contribution >= 4 is 27.6 Å². The van der Waals surface area contributed by atoms with Crippen LogP contribution in [0, 0.1) is 6.92 Å². The summed E-state index contributed by atoms with van der Waals surface area (Å²) in [6.07, 6.45) is 0.0370. The van der Waals surface area contributed by atoms with Gasteiger partial charge in [0.25, 0.3) is 0 Å². The second-order valence-corrected chi connectivity index (χ2v) is 10.9. The molecule has 8 heteroatoms. The number of halogens is 1. The zero-order valence-electron chi connectivity index (χ0n) is 18.9. The molecule has 0 amide bonds. The number of rotatable bonds is 4. The standard InChI is InChI=1S/C26H25ClN2O4S/c1-17-11-13-19(14-12-17)34(31,32)29-23(21-9-5-6-10-22(21)27)24(26(30)33-2)28-16-15-18-7-3-4-8-20(18)25(28)29/h3-14,23-25H,15-16H2,1-2H3/t23-,24+,25+/m0/s1. The van der Waals surface area contributed by atoms with Crippen LogP contribution in [-0.4, -0.2) is 43.3 Å². The molecule has 0 aliphatic carbocycles. The summed E-state index contributed by atoms with van der Waals surface area (Å²) in [5.74, 6) is -0.490. The number of aryl methyl sites for hydroxylation is 1. The molecule has 1 fully saturated rings. The van der Waals surface area contributed by atoms with E-state index in [0.717, 1.165) is 16.7 Å². The lowest BCUT2D eigenvalue weighted by molar-refractivity contribution is -0.147. The number of carbonyl (C=O) groups excluding carboxylic acids is 1. The van der Waals surface area contributed by atoms with E-state index in [-0.39, 0.29) is 4.90 Å². The predicted octanol–water partition coefficient (Wildman–Crippen LogP) is 4.49. The van der Waals surface area contributed by atoms with Gasteiger partial charge in [-0.25, -0.2) is 8.42 Å². The number of esters is 1. The maximum atomic E-state index is 14.3. The van der Waals surface area contributed by atoms with Crippen LogP contribution in [0.25, 0.3) is 0 Å². The van der Waals surface area contributed by atoms with E-state index in [1.54, 1.807) is 48.5 Å². The van der Waals surface area contributed by atoms with Crippen LogP contribution in [0.1, 0.15) is 34.5 Å². The lowest BCUT2D eigenvalue weighted by Gasteiger charge is -2.36. The van der Waals surface area contributed by atoms with E-state index in [2.05, 4.69) is 0 Å². The van der Waals surface area contributed by atoms with Crippen LogP contribution in [0.4, 0.5) is 0 Å². The van der Waals surface area contributed by atoms with Gasteiger partial charge in [0, 0.05) is 11.6 Å². The highest BCUT2D eigenvalue weighted by Gasteiger charge is 2.58. The maximum Gasteiger partial charge on any atom is 0.325 e. The number of benzene rings is 3. The molecule has 5 rings (SSSR count). The molecule has 34 heavy (non-hydrogen) atoms. The molecule has 0 bridgehead atoms. The van der Waals surface area contributed by atoms with E-state index in [4.69, 9.17) is 16.3 Å². The predicted molar refractivity (Wildman–Crippen MR) is 130 cm³/mol. The van der Waals surface area contributed by atoms with Crippen LogP contribution in [0.15, 0.2) is 77.7 Å². The molecular weight excluding hydrogens is 472 g/mol. The Bertz CT molecular complexity index is 1340. The number of methoxy groups -OCH3 is 1. The second kappa shape index (κ2) is 8.82. The molecule has 0 aromatic heterocycles. The van der Waals surface area contributed by atoms with Crippen LogP contribution in [0.5, 0.6) is 0 Å². The number of nitrogens with zero attached hydrogens (tertiary/aromatic N) is 2. The highest BCUT2D eigenvalue weighted by Crippen LogP contribution is 2.52. The first-order valence-electron chi connectivity index (χ1n) is 11.1. The summed E-state index contributed by atoms with van der Waals surface area (Å²) in [6.45, 7) is 2.42. The Morgan fingerprint density at radius 2 is 1.62 bits per heavy atom. The maximum absolute atomic E-state index is 14.3. The first kappa shape index (κ1) is 23.1. The van der Waals surface area contributed by atoms with Gasteiger partial charge in [0.2, 0.25) is 10.0 Å². The third-order valence-electron chi connectivity index (χ3n) is 6.72. The number of sulfonamides is 1. The van der Waals surface area contributed by atoms with E-state index >= 15 is 0 Å². The Morgan fingerprint density at radius 3 is 2.29 bits per heavy atom. The van der Waals surface area contributed by atoms with Crippen LogP contribution >= 0.6 is 11.6 Å². The van der Waals surface area contributed by atoms with Crippen molar-refractivity contribution in [3.8, 4) is 0 Å². The van der Waals surface area contributed by atoms with Crippen molar-refractivity contribution in [1.82, 2.24) is 9.21 Å². The Balaban J connectivity index is 1.79. The molecule has 1 saturated heterocycles. The summed E-state index contributed by atoms with van der Waals surface area (Å²) in [5, 5.41) is 0.402. The molecule has 0 saturated carbocycles. The van der Waals surface area contributed by atoms with Gasteiger partial charge in [-0.15, -0.1) is 0 Å². The normalized spacial score (nSPS) is 22.7. The van der Waals surface area contributed by atoms with Gasteiger partial charge in [0.05, 0.1) is 18.0 Å². The van der Waals surface area contributed by atoms with Crippen molar-refractivity contribution in [2.45, 2.75) is 36.5 Å². The number of carbonyl (C=O) groups is 1. The Labute approximate surface area is 204 Å². The summed E-state index contributed by atoms with van der Waals surface area (Å²) < 4.78 is 35.2. The van der Waals surface area contributed by atoms with Gasteiger partial charge in [-0.05, 0) is 48.2 Å². The zero-order valence-corrected chi connectivity index (χ0v) is 20.5. The second-order valence-electron chi connectivity index (χ2n) is 8.64. The van der Waals surface area contributed by atoms with Crippen LogP contribution in [0.3, 0.4) is 0 Å². The highest BCUT2D eigenvalue weighted by atomic mass is 35.5. The third-order valence-corrected chi connectivity index (χ3v) is 8.92. The number of ether oxygens (including phenoxy) is 1. The molecule has 0 N–H and O–H groups in total. The summed E-state index contributed by atoms with van der Waals surface area (Å²) >= 11 is 6.61. The van der Waals surface area contributed by atoms with E-state index in [0.29, 0.717) is 23.6 Å². The molecular formula is C26H25ClN2O4S. The fourth-order valence-electron chi connectivity index (χ4n) is 5.13. The molecule has 3 aromatic carbocycles. The number of fused-ring (bicyclic) bond motifs is 3. The summed E-state index contributed by atoms with van der Waals surface area (Å²) in [7, 11) is -2.70. The molecule has 3 aromatic rings. The minimum atomic E-state index is -4.03. The Morgan fingerprint density at radius 1 is 0.971 bits per heavy atom. The third kappa shape index (κ3) is 3.64. The monoisotopic (exact) mass is 496 g/mol. The van der Waals surface area contributed by atoms with Crippen molar-refractivity contribution in [3.63, 3.8) is 0 Å². The molecule has 2 aliphatic rings. The molecule has 0 spiro atoms. The first-order valence-corrected chi connectivity index (χ1v) is 12.9. The van der Waals surface area contributed by atoms with Crippen LogP contribution in [0.2, 0.25) is 5.02 Å². The average Bonchev–Trinajstić information content (AvgIpc) is 3.20. The summed E-state index contributed by atoms with van der Waals surface area (Å²) in [5.41, 5.74) is 3.46. The zero-order chi connectivity index (χ0) is 24.0. The minimum Gasteiger partial charge on any atom is -0.468 e. The molecule has 0 unspecified atom stereocenters. The molecule has 2 heterocycles. The van der Waals surface area contributed by atoms with Gasteiger partial charge >= 0.3 is 5.97 Å². The van der Waals surface area contributed by atoms with E-state index in [1.807, 2.05) is 36.1 Å². The van der Waals surface area contributed by atoms with Crippen molar-refractivity contribution in [3.05, 3.63) is 100 Å². The minimum absolute atomic E-state index is 0.170. The van der Waals surface area contributed by atoms with Gasteiger partial charge in [-0.3, -0.25) is 9.69 Å². The van der Waals surface area contributed by atoms with Crippen LogP contribution < -0.4 is 0 Å². The summed E-state index contributed by atoms with van der Waals surface area (Å²) in [4.78, 5) is 15.3. The van der Waals surface area contributed by atoms with Crippen LogP contribution in [-0.2, 0) is 26.0 Å². The van der Waals surface area contributed by atoms with Crippen molar-refractivity contribution in [1.29, 1.82) is 0 Å². The van der Waals surface area contributed by atoms with Gasteiger partial charge in [-0.1, -0.05) is 71.8 Å².